The van der Waals surface area contributed by atoms with E-state index in [9.17, 15) is 20.1 Å². The molecule has 0 aliphatic carbocycles. The van der Waals surface area contributed by atoms with E-state index in [1.54, 1.807) is 31.2 Å². The molecule has 0 bridgehead atoms. The zero-order valence-corrected chi connectivity index (χ0v) is 20.8. The van der Waals surface area contributed by atoms with Gasteiger partial charge in [0.05, 0.1) is 25.9 Å². The van der Waals surface area contributed by atoms with Gasteiger partial charge in [0.1, 0.15) is 30.7 Å². The van der Waals surface area contributed by atoms with Crippen LogP contribution in [0.5, 0.6) is 28.7 Å². The number of rotatable bonds is 5. The molecule has 1 saturated heterocycles. The smallest absolute Gasteiger partial charge is 0.339 e. The van der Waals surface area contributed by atoms with Crippen LogP contribution >= 0.6 is 0 Å². The summed E-state index contributed by atoms with van der Waals surface area (Å²) in [7, 11) is 3.00. The second-order valence-electron chi connectivity index (χ2n) is 9.25. The Bertz CT molecular complexity index is 1430. The monoisotopic (exact) mass is 526 g/mol. The standard InChI is InChI=1S/C27H26O11/c1-11-22(28)23(29)24(30)27(37-11)38-25-14-8-18(33-3)17(32-2)7-13(14)20(21-15(25)9-34-26(21)31)12-4-5-16-19(6-12)36-10-35-16/h4-8,11,22-24,27-30H,9-10H2,1-3H3. The van der Waals surface area contributed by atoms with E-state index in [0.29, 0.717) is 50.5 Å². The Hall–Kier alpha value is -3.77. The maximum absolute atomic E-state index is 13.1. The summed E-state index contributed by atoms with van der Waals surface area (Å²) in [5, 5.41) is 32.2. The number of aliphatic hydroxyl groups is 3. The van der Waals surface area contributed by atoms with Gasteiger partial charge in [-0.15, -0.1) is 0 Å². The molecule has 3 N–H and O–H groups in total. The number of hydrogen-bond acceptors (Lipinski definition) is 11. The van der Waals surface area contributed by atoms with Gasteiger partial charge in [0.15, 0.2) is 23.0 Å². The van der Waals surface area contributed by atoms with Crippen LogP contribution in [-0.2, 0) is 16.1 Å². The second kappa shape index (κ2) is 9.21. The molecule has 0 aromatic heterocycles. The summed E-state index contributed by atoms with van der Waals surface area (Å²) < 4.78 is 39.4. The van der Waals surface area contributed by atoms with Crippen LogP contribution in [-0.4, -0.2) is 73.0 Å². The molecule has 200 valence electrons. The lowest BCUT2D eigenvalue weighted by molar-refractivity contribution is -0.268. The van der Waals surface area contributed by atoms with E-state index in [1.807, 2.05) is 6.07 Å². The van der Waals surface area contributed by atoms with Gasteiger partial charge in [0.2, 0.25) is 13.1 Å². The number of aliphatic hydroxyl groups excluding tert-OH is 3. The van der Waals surface area contributed by atoms with Gasteiger partial charge in [-0.25, -0.2) is 4.79 Å². The lowest BCUT2D eigenvalue weighted by Gasteiger charge is -2.39. The molecule has 38 heavy (non-hydrogen) atoms. The lowest BCUT2D eigenvalue weighted by atomic mass is 9.89. The third-order valence-electron chi connectivity index (χ3n) is 7.12. The highest BCUT2D eigenvalue weighted by Gasteiger charge is 2.44. The number of carbonyl (C=O) groups excluding carboxylic acids is 1. The predicted octanol–water partition coefficient (Wildman–Crippen LogP) is 2.13. The minimum absolute atomic E-state index is 0.0884. The summed E-state index contributed by atoms with van der Waals surface area (Å²) >= 11 is 0. The van der Waals surface area contributed by atoms with Crippen LogP contribution in [0.4, 0.5) is 0 Å². The summed E-state index contributed by atoms with van der Waals surface area (Å²) in [6.07, 6.45) is -6.51. The van der Waals surface area contributed by atoms with Crippen molar-refractivity contribution in [2.45, 2.75) is 44.2 Å². The van der Waals surface area contributed by atoms with Gasteiger partial charge in [0, 0.05) is 16.5 Å². The van der Waals surface area contributed by atoms with Gasteiger partial charge in [-0.3, -0.25) is 0 Å². The van der Waals surface area contributed by atoms with Crippen LogP contribution in [0.3, 0.4) is 0 Å². The van der Waals surface area contributed by atoms with Crippen molar-refractivity contribution in [3.8, 4) is 39.9 Å². The molecule has 5 unspecified atom stereocenters. The molecule has 3 heterocycles. The molecule has 11 nitrogen and oxygen atoms in total. The van der Waals surface area contributed by atoms with Crippen molar-refractivity contribution in [1.82, 2.24) is 0 Å². The van der Waals surface area contributed by atoms with Gasteiger partial charge in [-0.1, -0.05) is 6.07 Å². The first-order chi connectivity index (χ1) is 18.3. The quantitative estimate of drug-likeness (QED) is 0.421. The summed E-state index contributed by atoms with van der Waals surface area (Å²) in [5.41, 5.74) is 1.95. The highest BCUT2D eigenvalue weighted by Crippen LogP contribution is 2.49. The molecule has 3 aliphatic heterocycles. The van der Waals surface area contributed by atoms with E-state index < -0.39 is 36.7 Å². The number of carbonyl (C=O) groups is 1. The van der Waals surface area contributed by atoms with Crippen molar-refractivity contribution in [2.75, 3.05) is 21.0 Å². The Morgan fingerprint density at radius 2 is 1.55 bits per heavy atom. The summed E-state index contributed by atoms with van der Waals surface area (Å²) in [6.45, 7) is 1.57. The van der Waals surface area contributed by atoms with Crippen LogP contribution in [0, 0.1) is 0 Å². The number of ether oxygens (including phenoxy) is 7. The number of methoxy groups -OCH3 is 2. The first-order valence-corrected chi connectivity index (χ1v) is 12.0. The zero-order chi connectivity index (χ0) is 26.7. The fraction of sp³-hybridized carbons (Fsp3) is 0.370. The molecule has 5 atom stereocenters. The topological polar surface area (TPSA) is 142 Å². The van der Waals surface area contributed by atoms with E-state index >= 15 is 0 Å². The summed E-state index contributed by atoms with van der Waals surface area (Å²) in [6, 6.07) is 8.80. The molecule has 11 heteroatoms. The number of fused-ring (bicyclic) bond motifs is 3. The fourth-order valence-electron chi connectivity index (χ4n) is 5.12. The fourth-order valence-corrected chi connectivity index (χ4v) is 5.12. The summed E-state index contributed by atoms with van der Waals surface area (Å²) in [5.74, 6) is 1.61. The third kappa shape index (κ3) is 3.70. The Labute approximate surface area is 217 Å². The largest absolute Gasteiger partial charge is 0.493 e. The van der Waals surface area contributed by atoms with Crippen molar-refractivity contribution >= 4 is 16.7 Å². The summed E-state index contributed by atoms with van der Waals surface area (Å²) in [4.78, 5) is 13.1. The molecule has 6 rings (SSSR count). The van der Waals surface area contributed by atoms with Crippen LogP contribution in [0.1, 0.15) is 22.8 Å². The van der Waals surface area contributed by atoms with E-state index in [2.05, 4.69) is 0 Å². The van der Waals surface area contributed by atoms with Crippen molar-refractivity contribution in [3.05, 3.63) is 41.5 Å². The molecule has 3 aromatic carbocycles. The van der Waals surface area contributed by atoms with Gasteiger partial charge in [-0.05, 0) is 42.1 Å². The van der Waals surface area contributed by atoms with Crippen LogP contribution in [0.2, 0.25) is 0 Å². The molecular formula is C27H26O11. The first kappa shape index (κ1) is 24.6. The van der Waals surface area contributed by atoms with E-state index in [4.69, 9.17) is 33.2 Å². The number of cyclic esters (lactones) is 1. The maximum Gasteiger partial charge on any atom is 0.339 e. The van der Waals surface area contributed by atoms with E-state index in [1.165, 1.54) is 14.2 Å². The molecule has 3 aromatic rings. The molecule has 0 saturated carbocycles. The van der Waals surface area contributed by atoms with Crippen LogP contribution in [0.25, 0.3) is 21.9 Å². The SMILES string of the molecule is COc1cc2c(OC3OC(C)C(O)C(O)C3O)c3c(c(-c4ccc5c(c4)OCO5)c2cc1OC)C(=O)OC3. The lowest BCUT2D eigenvalue weighted by Crippen LogP contribution is -2.58. The number of hydrogen-bond donors (Lipinski definition) is 3. The number of esters is 1. The minimum atomic E-state index is -1.56. The Morgan fingerprint density at radius 3 is 2.29 bits per heavy atom. The molecule has 0 radical (unpaired) electrons. The Balaban J connectivity index is 1.61. The van der Waals surface area contributed by atoms with Gasteiger partial charge < -0.3 is 48.5 Å². The zero-order valence-electron chi connectivity index (χ0n) is 20.8. The molecule has 1 fully saturated rings. The normalized spacial score (nSPS) is 25.7. The third-order valence-corrected chi connectivity index (χ3v) is 7.12. The average molecular weight is 526 g/mol. The van der Waals surface area contributed by atoms with E-state index in [-0.39, 0.29) is 24.7 Å². The van der Waals surface area contributed by atoms with Crippen molar-refractivity contribution in [3.63, 3.8) is 0 Å². The second-order valence-corrected chi connectivity index (χ2v) is 9.25. The van der Waals surface area contributed by atoms with Crippen LogP contribution in [0.15, 0.2) is 30.3 Å². The maximum atomic E-state index is 13.1. The highest BCUT2D eigenvalue weighted by molar-refractivity contribution is 6.14. The molecular weight excluding hydrogens is 500 g/mol. The Kier molecular flexibility index (Phi) is 5.95. The van der Waals surface area contributed by atoms with Gasteiger partial charge >= 0.3 is 5.97 Å². The minimum Gasteiger partial charge on any atom is -0.493 e. The van der Waals surface area contributed by atoms with Crippen molar-refractivity contribution in [1.29, 1.82) is 0 Å². The van der Waals surface area contributed by atoms with Crippen molar-refractivity contribution < 1.29 is 53.3 Å². The highest BCUT2D eigenvalue weighted by atomic mass is 16.7. The molecule has 0 spiro atoms. The van der Waals surface area contributed by atoms with Crippen LogP contribution < -0.4 is 23.7 Å². The van der Waals surface area contributed by atoms with Crippen molar-refractivity contribution in [2.24, 2.45) is 0 Å². The van der Waals surface area contributed by atoms with Gasteiger partial charge in [-0.2, -0.15) is 0 Å². The molecule has 0 amide bonds. The average Bonchev–Trinajstić information content (AvgIpc) is 3.55. The van der Waals surface area contributed by atoms with Gasteiger partial charge in [0.25, 0.3) is 0 Å². The van der Waals surface area contributed by atoms with E-state index in [0.717, 1.165) is 0 Å². The Morgan fingerprint density at radius 1 is 0.842 bits per heavy atom. The predicted molar refractivity (Wildman–Crippen MR) is 131 cm³/mol. The number of benzene rings is 3. The molecule has 3 aliphatic rings. The first-order valence-electron chi connectivity index (χ1n) is 12.0.